The van der Waals surface area contributed by atoms with Gasteiger partial charge in [0.25, 0.3) is 0 Å². The third-order valence-electron chi connectivity index (χ3n) is 2.48. The number of hydrogen-bond acceptors (Lipinski definition) is 3. The van der Waals surface area contributed by atoms with E-state index in [1.54, 1.807) is 4.90 Å². The van der Waals surface area contributed by atoms with E-state index < -0.39 is 0 Å². The van der Waals surface area contributed by atoms with E-state index in [9.17, 15) is 9.59 Å². The van der Waals surface area contributed by atoms with Crippen LogP contribution in [0.2, 0.25) is 0 Å². The first kappa shape index (κ1) is 12.9. The van der Waals surface area contributed by atoms with Crippen molar-refractivity contribution in [1.82, 2.24) is 10.2 Å². The smallest absolute Gasteiger partial charge is 0.241 e. The molecule has 16 heavy (non-hydrogen) atoms. The molecule has 1 heterocycles. The molecule has 0 atom stereocenters. The Hall–Kier alpha value is -1.17. The van der Waals surface area contributed by atoms with Crippen molar-refractivity contribution in [1.29, 1.82) is 0 Å². The molecule has 3 N–H and O–H groups in total. The molecule has 0 aromatic heterocycles. The van der Waals surface area contributed by atoms with Crippen molar-refractivity contribution in [3.63, 3.8) is 0 Å². The zero-order valence-corrected chi connectivity index (χ0v) is 10.0. The van der Waals surface area contributed by atoms with Crippen LogP contribution < -0.4 is 11.1 Å². The summed E-state index contributed by atoms with van der Waals surface area (Å²) in [5, 5.41) is 2.51. The first-order chi connectivity index (χ1) is 7.59. The molecular formula is C10H17N3O2S. The van der Waals surface area contributed by atoms with E-state index >= 15 is 0 Å². The van der Waals surface area contributed by atoms with E-state index in [4.69, 9.17) is 5.73 Å². The van der Waals surface area contributed by atoms with E-state index in [0.29, 0.717) is 0 Å². The number of carbonyl (C=O) groups excluding carboxylic acids is 2. The SMILES string of the molecule is NC(=S)CC(=O)NCC(=O)N1CCCCC1. The average molecular weight is 243 g/mol. The Balaban J connectivity index is 2.23. The summed E-state index contributed by atoms with van der Waals surface area (Å²) in [7, 11) is 0. The molecule has 0 unspecified atom stereocenters. The maximum atomic E-state index is 11.6. The number of likely N-dealkylation sites (tertiary alicyclic amines) is 1. The van der Waals surface area contributed by atoms with E-state index in [-0.39, 0.29) is 29.8 Å². The third kappa shape index (κ3) is 4.57. The van der Waals surface area contributed by atoms with Gasteiger partial charge < -0.3 is 16.0 Å². The molecule has 0 spiro atoms. The van der Waals surface area contributed by atoms with Crippen LogP contribution in [0.4, 0.5) is 0 Å². The zero-order valence-electron chi connectivity index (χ0n) is 9.20. The van der Waals surface area contributed by atoms with Crippen molar-refractivity contribution in [2.45, 2.75) is 25.7 Å². The summed E-state index contributed by atoms with van der Waals surface area (Å²) in [5.41, 5.74) is 5.22. The van der Waals surface area contributed by atoms with Gasteiger partial charge >= 0.3 is 0 Å². The van der Waals surface area contributed by atoms with Crippen LogP contribution in [0, 0.1) is 0 Å². The minimum absolute atomic E-state index is 0.00259. The van der Waals surface area contributed by atoms with Gasteiger partial charge in [-0.05, 0) is 19.3 Å². The normalized spacial score (nSPS) is 15.6. The highest BCUT2D eigenvalue weighted by molar-refractivity contribution is 7.80. The predicted molar refractivity (Wildman–Crippen MR) is 64.8 cm³/mol. The molecule has 5 nitrogen and oxygen atoms in total. The summed E-state index contributed by atoms with van der Waals surface area (Å²) in [5.74, 6) is -0.325. The molecule has 1 aliphatic rings. The molecule has 0 saturated carbocycles. The molecule has 0 aliphatic carbocycles. The van der Waals surface area contributed by atoms with Crippen LogP contribution in [0.15, 0.2) is 0 Å². The molecule has 1 saturated heterocycles. The van der Waals surface area contributed by atoms with Crippen molar-refractivity contribution in [2.24, 2.45) is 5.73 Å². The van der Waals surface area contributed by atoms with Crippen molar-refractivity contribution in [3.05, 3.63) is 0 Å². The molecule has 2 amide bonds. The fourth-order valence-corrected chi connectivity index (χ4v) is 1.78. The first-order valence-electron chi connectivity index (χ1n) is 5.42. The Morgan fingerprint density at radius 2 is 1.88 bits per heavy atom. The first-order valence-corrected chi connectivity index (χ1v) is 5.83. The van der Waals surface area contributed by atoms with Crippen LogP contribution >= 0.6 is 12.2 Å². The summed E-state index contributed by atoms with van der Waals surface area (Å²) in [6.07, 6.45) is 3.28. The second-order valence-corrected chi connectivity index (χ2v) is 4.39. The molecule has 0 aromatic carbocycles. The molecule has 6 heteroatoms. The number of nitrogens with one attached hydrogen (secondary N) is 1. The zero-order chi connectivity index (χ0) is 12.0. The van der Waals surface area contributed by atoms with E-state index in [2.05, 4.69) is 17.5 Å². The second-order valence-electron chi connectivity index (χ2n) is 3.86. The van der Waals surface area contributed by atoms with Gasteiger partial charge in [0.1, 0.15) is 0 Å². The monoisotopic (exact) mass is 243 g/mol. The van der Waals surface area contributed by atoms with Crippen molar-refractivity contribution < 1.29 is 9.59 Å². The minimum Gasteiger partial charge on any atom is -0.393 e. The fourth-order valence-electron chi connectivity index (χ4n) is 1.65. The van der Waals surface area contributed by atoms with Crippen LogP contribution in [0.1, 0.15) is 25.7 Å². The number of hydrogen-bond donors (Lipinski definition) is 2. The third-order valence-corrected chi connectivity index (χ3v) is 2.62. The standard InChI is InChI=1S/C10H17N3O2S/c11-8(16)6-9(14)12-7-10(15)13-4-2-1-3-5-13/h1-7H2,(H2,11,16)(H,12,14). The Morgan fingerprint density at radius 1 is 1.25 bits per heavy atom. The number of rotatable bonds is 4. The van der Waals surface area contributed by atoms with Crippen LogP contribution in [-0.4, -0.2) is 41.3 Å². The quantitative estimate of drug-likeness (QED) is 0.670. The summed E-state index contributed by atoms with van der Waals surface area (Å²) < 4.78 is 0. The van der Waals surface area contributed by atoms with Gasteiger partial charge in [0.15, 0.2) is 0 Å². The van der Waals surface area contributed by atoms with Gasteiger partial charge in [0, 0.05) is 13.1 Å². The average Bonchev–Trinajstić information content (AvgIpc) is 2.26. The summed E-state index contributed by atoms with van der Waals surface area (Å²) in [6.45, 7) is 1.63. The number of piperidine rings is 1. The number of amides is 2. The Labute approximate surface area is 100 Å². The van der Waals surface area contributed by atoms with Gasteiger partial charge in [-0.25, -0.2) is 0 Å². The molecule has 0 bridgehead atoms. The van der Waals surface area contributed by atoms with E-state index in [0.717, 1.165) is 25.9 Å². The van der Waals surface area contributed by atoms with Crippen LogP contribution in [0.25, 0.3) is 0 Å². The lowest BCUT2D eigenvalue weighted by Crippen LogP contribution is -2.43. The highest BCUT2D eigenvalue weighted by Gasteiger charge is 2.16. The van der Waals surface area contributed by atoms with Gasteiger partial charge in [-0.3, -0.25) is 9.59 Å². The Kier molecular flexibility index (Phi) is 5.18. The molecule has 1 aliphatic heterocycles. The predicted octanol–water partition coefficient (Wildman–Crippen LogP) is -0.209. The lowest BCUT2D eigenvalue weighted by atomic mass is 10.1. The van der Waals surface area contributed by atoms with E-state index in [1.165, 1.54) is 6.42 Å². The summed E-state index contributed by atoms with van der Waals surface area (Å²) in [4.78, 5) is 24.8. The van der Waals surface area contributed by atoms with Crippen molar-refractivity contribution in [3.8, 4) is 0 Å². The highest BCUT2D eigenvalue weighted by Crippen LogP contribution is 2.08. The number of carbonyl (C=O) groups is 2. The fraction of sp³-hybridized carbons (Fsp3) is 0.700. The number of nitrogens with zero attached hydrogens (tertiary/aromatic N) is 1. The molecule has 1 fully saturated rings. The Bertz CT molecular complexity index is 288. The van der Waals surface area contributed by atoms with Crippen molar-refractivity contribution >= 4 is 29.0 Å². The van der Waals surface area contributed by atoms with Gasteiger partial charge in [-0.2, -0.15) is 0 Å². The van der Waals surface area contributed by atoms with Gasteiger partial charge in [-0.15, -0.1) is 0 Å². The molecule has 0 aromatic rings. The van der Waals surface area contributed by atoms with Crippen LogP contribution in [-0.2, 0) is 9.59 Å². The van der Waals surface area contributed by atoms with Crippen LogP contribution in [0.3, 0.4) is 0 Å². The molecule has 1 rings (SSSR count). The van der Waals surface area contributed by atoms with Gasteiger partial charge in [0.2, 0.25) is 11.8 Å². The molecule has 90 valence electrons. The number of thiocarbonyl (C=S) groups is 1. The Morgan fingerprint density at radius 3 is 2.44 bits per heavy atom. The van der Waals surface area contributed by atoms with Crippen molar-refractivity contribution in [2.75, 3.05) is 19.6 Å². The lowest BCUT2D eigenvalue weighted by molar-refractivity contribution is -0.133. The summed E-state index contributed by atoms with van der Waals surface area (Å²) >= 11 is 4.60. The largest absolute Gasteiger partial charge is 0.393 e. The lowest BCUT2D eigenvalue weighted by Gasteiger charge is -2.26. The minimum atomic E-state index is -0.294. The molecule has 0 radical (unpaired) electrons. The second kappa shape index (κ2) is 6.42. The maximum absolute atomic E-state index is 11.6. The maximum Gasteiger partial charge on any atom is 0.241 e. The molecular weight excluding hydrogens is 226 g/mol. The summed E-state index contributed by atoms with van der Waals surface area (Å²) in [6, 6.07) is 0. The van der Waals surface area contributed by atoms with Crippen LogP contribution in [0.5, 0.6) is 0 Å². The van der Waals surface area contributed by atoms with Gasteiger partial charge in [0.05, 0.1) is 18.0 Å². The highest BCUT2D eigenvalue weighted by atomic mass is 32.1. The van der Waals surface area contributed by atoms with E-state index in [1.807, 2.05) is 0 Å². The number of nitrogens with two attached hydrogens (primary N) is 1. The van der Waals surface area contributed by atoms with Gasteiger partial charge in [-0.1, -0.05) is 12.2 Å². The topological polar surface area (TPSA) is 75.4 Å².